The van der Waals surface area contributed by atoms with Crippen LogP contribution in [0.25, 0.3) is 0 Å². The predicted octanol–water partition coefficient (Wildman–Crippen LogP) is 2.76. The molecule has 0 radical (unpaired) electrons. The van der Waals surface area contributed by atoms with Crippen molar-refractivity contribution in [3.05, 3.63) is 29.8 Å². The highest BCUT2D eigenvalue weighted by atomic mass is 35.5. The van der Waals surface area contributed by atoms with Crippen LogP contribution in [0.4, 0.5) is 5.69 Å². The molecular weight excluding hydrogens is 326 g/mol. The van der Waals surface area contributed by atoms with Crippen LogP contribution in [0.15, 0.2) is 24.3 Å². The van der Waals surface area contributed by atoms with Crippen molar-refractivity contribution in [3.63, 3.8) is 0 Å². The minimum Gasteiger partial charge on any atom is -0.338 e. The van der Waals surface area contributed by atoms with Crippen LogP contribution in [0.1, 0.15) is 37.6 Å². The van der Waals surface area contributed by atoms with Gasteiger partial charge in [-0.15, -0.1) is 12.4 Å². The highest BCUT2D eigenvalue weighted by molar-refractivity contribution is 6.04. The minimum absolute atomic E-state index is 0. The first-order valence-electron chi connectivity index (χ1n) is 8.31. The molecular formula is C18H28ClN3O2. The molecule has 0 spiro atoms. The topological polar surface area (TPSA) is 75.4 Å². The van der Waals surface area contributed by atoms with Crippen molar-refractivity contribution in [1.82, 2.24) is 4.90 Å². The molecule has 3 atom stereocenters. The van der Waals surface area contributed by atoms with Crippen molar-refractivity contribution >= 4 is 29.9 Å². The Hall–Kier alpha value is -1.59. The van der Waals surface area contributed by atoms with Crippen LogP contribution < -0.4 is 11.1 Å². The lowest BCUT2D eigenvalue weighted by Crippen LogP contribution is -2.42. The van der Waals surface area contributed by atoms with Crippen molar-refractivity contribution in [2.75, 3.05) is 25.0 Å². The third-order valence-corrected chi connectivity index (χ3v) is 4.37. The molecule has 1 fully saturated rings. The van der Waals surface area contributed by atoms with Gasteiger partial charge in [0.2, 0.25) is 5.91 Å². The predicted molar refractivity (Wildman–Crippen MR) is 99.4 cm³/mol. The molecule has 2 rings (SSSR count). The van der Waals surface area contributed by atoms with E-state index in [9.17, 15) is 9.59 Å². The number of amides is 2. The lowest BCUT2D eigenvalue weighted by atomic mass is 9.91. The zero-order chi connectivity index (χ0) is 17.0. The van der Waals surface area contributed by atoms with Crippen LogP contribution in [-0.2, 0) is 4.79 Å². The van der Waals surface area contributed by atoms with Crippen LogP contribution in [0.3, 0.4) is 0 Å². The van der Waals surface area contributed by atoms with E-state index in [1.165, 1.54) is 0 Å². The Labute approximate surface area is 150 Å². The number of hydrogen-bond donors (Lipinski definition) is 2. The normalized spacial score (nSPS) is 21.6. The first-order chi connectivity index (χ1) is 10.9. The third-order valence-electron chi connectivity index (χ3n) is 4.37. The standard InChI is InChI=1S/C18H27N3O2.ClH/c1-12-8-13(2)11-21(10-12)18(23)15-6-4-5-7-16(15)20-17(22)14(3)9-19;/h4-7,12-14H,8-11,19H2,1-3H3,(H,20,22);1H. The van der Waals surface area contributed by atoms with E-state index in [4.69, 9.17) is 5.73 Å². The van der Waals surface area contributed by atoms with Crippen molar-refractivity contribution in [1.29, 1.82) is 0 Å². The molecule has 2 amide bonds. The Morgan fingerprint density at radius 2 is 1.83 bits per heavy atom. The summed E-state index contributed by atoms with van der Waals surface area (Å²) >= 11 is 0. The fourth-order valence-electron chi connectivity index (χ4n) is 3.14. The Morgan fingerprint density at radius 1 is 1.25 bits per heavy atom. The van der Waals surface area contributed by atoms with Crippen LogP contribution in [0.2, 0.25) is 0 Å². The van der Waals surface area contributed by atoms with Gasteiger partial charge in [0.25, 0.3) is 5.91 Å². The first-order valence-corrected chi connectivity index (χ1v) is 8.31. The average Bonchev–Trinajstić information content (AvgIpc) is 2.53. The Morgan fingerprint density at radius 3 is 2.42 bits per heavy atom. The van der Waals surface area contributed by atoms with E-state index in [-0.39, 0.29) is 36.7 Å². The number of piperidine rings is 1. The van der Waals surface area contributed by atoms with E-state index in [0.29, 0.717) is 23.1 Å². The number of para-hydroxylation sites is 1. The number of benzene rings is 1. The fraction of sp³-hybridized carbons (Fsp3) is 0.556. The number of halogens is 1. The summed E-state index contributed by atoms with van der Waals surface area (Å²) in [6, 6.07) is 7.19. The summed E-state index contributed by atoms with van der Waals surface area (Å²) in [6.07, 6.45) is 1.15. The van der Waals surface area contributed by atoms with Gasteiger partial charge >= 0.3 is 0 Å². The van der Waals surface area contributed by atoms with Crippen LogP contribution in [-0.4, -0.2) is 36.3 Å². The van der Waals surface area contributed by atoms with Gasteiger partial charge in [-0.1, -0.05) is 32.9 Å². The number of hydrogen-bond acceptors (Lipinski definition) is 3. The van der Waals surface area contributed by atoms with Crippen LogP contribution in [0, 0.1) is 17.8 Å². The summed E-state index contributed by atoms with van der Waals surface area (Å²) in [7, 11) is 0. The number of rotatable bonds is 4. The molecule has 0 aliphatic carbocycles. The van der Waals surface area contributed by atoms with Gasteiger partial charge in [-0.05, 0) is 30.4 Å². The van der Waals surface area contributed by atoms with E-state index >= 15 is 0 Å². The van der Waals surface area contributed by atoms with Crippen molar-refractivity contribution in [2.24, 2.45) is 23.5 Å². The highest BCUT2D eigenvalue weighted by Gasteiger charge is 2.27. The number of carbonyl (C=O) groups excluding carboxylic acids is 2. The number of nitrogens with zero attached hydrogens (tertiary/aromatic N) is 1. The molecule has 0 saturated carbocycles. The van der Waals surface area contributed by atoms with Crippen LogP contribution in [0.5, 0.6) is 0 Å². The van der Waals surface area contributed by atoms with E-state index in [1.807, 2.05) is 17.0 Å². The van der Waals surface area contributed by atoms with Gasteiger partial charge in [0, 0.05) is 25.6 Å². The molecule has 1 heterocycles. The summed E-state index contributed by atoms with van der Waals surface area (Å²) in [5, 5.41) is 2.84. The van der Waals surface area contributed by atoms with Gasteiger partial charge in [-0.25, -0.2) is 0 Å². The van der Waals surface area contributed by atoms with Crippen LogP contribution >= 0.6 is 12.4 Å². The van der Waals surface area contributed by atoms with E-state index in [0.717, 1.165) is 19.5 Å². The second kappa shape index (κ2) is 9.04. The second-order valence-corrected chi connectivity index (χ2v) is 6.83. The molecule has 1 aromatic rings. The Balaban J connectivity index is 0.00000288. The zero-order valence-corrected chi connectivity index (χ0v) is 15.4. The maximum Gasteiger partial charge on any atom is 0.255 e. The lowest BCUT2D eigenvalue weighted by Gasteiger charge is -2.35. The number of likely N-dealkylation sites (tertiary alicyclic amines) is 1. The van der Waals surface area contributed by atoms with Gasteiger partial charge in [-0.2, -0.15) is 0 Å². The van der Waals surface area contributed by atoms with E-state index in [2.05, 4.69) is 19.2 Å². The summed E-state index contributed by atoms with van der Waals surface area (Å²) in [5.41, 5.74) is 6.65. The van der Waals surface area contributed by atoms with Crippen molar-refractivity contribution < 1.29 is 9.59 Å². The second-order valence-electron chi connectivity index (χ2n) is 6.83. The van der Waals surface area contributed by atoms with Crippen molar-refractivity contribution in [3.8, 4) is 0 Å². The average molecular weight is 354 g/mol. The molecule has 0 bridgehead atoms. The van der Waals surface area contributed by atoms with Gasteiger partial charge in [0.05, 0.1) is 11.3 Å². The molecule has 3 unspecified atom stereocenters. The summed E-state index contributed by atoms with van der Waals surface area (Å²) < 4.78 is 0. The molecule has 0 aromatic heterocycles. The molecule has 1 aliphatic heterocycles. The zero-order valence-electron chi connectivity index (χ0n) is 14.6. The van der Waals surface area contributed by atoms with E-state index in [1.54, 1.807) is 19.1 Å². The summed E-state index contributed by atoms with van der Waals surface area (Å²) in [4.78, 5) is 26.9. The Kier molecular flexibility index (Phi) is 7.70. The smallest absolute Gasteiger partial charge is 0.255 e. The van der Waals surface area contributed by atoms with Gasteiger partial charge < -0.3 is 16.0 Å². The molecule has 1 aromatic carbocycles. The monoisotopic (exact) mass is 353 g/mol. The number of carbonyl (C=O) groups is 2. The quantitative estimate of drug-likeness (QED) is 0.873. The Bertz CT molecular complexity index is 569. The SMILES string of the molecule is CC1CC(C)CN(C(=O)c2ccccc2NC(=O)C(C)CN)C1.Cl. The number of nitrogens with two attached hydrogens (primary N) is 1. The molecule has 1 aliphatic rings. The number of nitrogens with one attached hydrogen (secondary N) is 1. The first kappa shape index (κ1) is 20.5. The van der Waals surface area contributed by atoms with Crippen molar-refractivity contribution in [2.45, 2.75) is 27.2 Å². The maximum atomic E-state index is 12.9. The fourth-order valence-corrected chi connectivity index (χ4v) is 3.14. The molecule has 5 nitrogen and oxygen atoms in total. The number of anilines is 1. The van der Waals surface area contributed by atoms with E-state index < -0.39 is 0 Å². The lowest BCUT2D eigenvalue weighted by molar-refractivity contribution is -0.119. The maximum absolute atomic E-state index is 12.9. The van der Waals surface area contributed by atoms with Gasteiger partial charge in [0.1, 0.15) is 0 Å². The highest BCUT2D eigenvalue weighted by Crippen LogP contribution is 2.25. The summed E-state index contributed by atoms with van der Waals surface area (Å²) in [6.45, 7) is 7.94. The summed E-state index contributed by atoms with van der Waals surface area (Å²) in [5.74, 6) is 0.546. The van der Waals surface area contributed by atoms with Gasteiger partial charge in [0.15, 0.2) is 0 Å². The van der Waals surface area contributed by atoms with Gasteiger partial charge in [-0.3, -0.25) is 9.59 Å². The third kappa shape index (κ3) is 4.95. The molecule has 3 N–H and O–H groups in total. The largest absolute Gasteiger partial charge is 0.338 e. The molecule has 134 valence electrons. The molecule has 6 heteroatoms. The molecule has 24 heavy (non-hydrogen) atoms. The minimum atomic E-state index is -0.284. The molecule has 1 saturated heterocycles.